The third-order valence-electron chi connectivity index (χ3n) is 4.93. The monoisotopic (exact) mass is 377 g/mol. The molecule has 0 aliphatic carbocycles. The van der Waals surface area contributed by atoms with Crippen LogP contribution >= 0.6 is 0 Å². The minimum absolute atomic E-state index is 0.0125. The number of hydrogen-bond acceptors (Lipinski definition) is 5. The van der Waals surface area contributed by atoms with E-state index in [9.17, 15) is 4.79 Å². The average molecular weight is 377 g/mol. The standard InChI is InChI=1S/C21H23N5O2/c1-16-7-8-19(26-23-10-11-24-26)18(13-16)21(27)25-12-4-5-17(14-25)15-28-20-6-2-3-9-22-20/h2-3,6-11,13,17H,4-5,12,14-15H2,1H3. The number of aryl methyl sites for hydroxylation is 1. The number of likely N-dealkylation sites (tertiary alicyclic amines) is 1. The highest BCUT2D eigenvalue weighted by molar-refractivity contribution is 5.98. The van der Waals surface area contributed by atoms with E-state index in [0.29, 0.717) is 30.3 Å². The molecule has 28 heavy (non-hydrogen) atoms. The molecule has 0 bridgehead atoms. The quantitative estimate of drug-likeness (QED) is 0.684. The van der Waals surface area contributed by atoms with Gasteiger partial charge in [0, 0.05) is 31.3 Å². The van der Waals surface area contributed by atoms with Crippen molar-refractivity contribution in [3.8, 4) is 11.6 Å². The molecule has 7 heteroatoms. The fraction of sp³-hybridized carbons (Fsp3) is 0.333. The van der Waals surface area contributed by atoms with E-state index in [2.05, 4.69) is 15.2 Å². The van der Waals surface area contributed by atoms with Crippen molar-refractivity contribution in [3.63, 3.8) is 0 Å². The predicted molar refractivity (Wildman–Crippen MR) is 104 cm³/mol. The van der Waals surface area contributed by atoms with Crippen LogP contribution in [0.5, 0.6) is 5.88 Å². The zero-order chi connectivity index (χ0) is 19.3. The van der Waals surface area contributed by atoms with Crippen LogP contribution in [0.1, 0.15) is 28.8 Å². The number of ether oxygens (including phenoxy) is 1. The molecule has 144 valence electrons. The zero-order valence-electron chi connectivity index (χ0n) is 15.9. The molecular formula is C21H23N5O2. The number of amides is 1. The maximum atomic E-state index is 13.3. The van der Waals surface area contributed by atoms with Gasteiger partial charge in [-0.2, -0.15) is 15.0 Å². The van der Waals surface area contributed by atoms with Crippen molar-refractivity contribution in [2.24, 2.45) is 5.92 Å². The molecule has 1 aliphatic rings. The molecule has 1 aromatic carbocycles. The van der Waals surface area contributed by atoms with Crippen molar-refractivity contribution in [3.05, 3.63) is 66.1 Å². The minimum atomic E-state index is 0.0125. The number of benzene rings is 1. The van der Waals surface area contributed by atoms with E-state index < -0.39 is 0 Å². The lowest BCUT2D eigenvalue weighted by molar-refractivity contribution is 0.0631. The molecule has 1 aliphatic heterocycles. The van der Waals surface area contributed by atoms with Crippen LogP contribution in [0.2, 0.25) is 0 Å². The number of piperidine rings is 1. The van der Waals surface area contributed by atoms with Crippen LogP contribution in [-0.4, -0.2) is 50.5 Å². The highest BCUT2D eigenvalue weighted by Crippen LogP contribution is 2.23. The van der Waals surface area contributed by atoms with E-state index >= 15 is 0 Å². The molecule has 3 heterocycles. The van der Waals surface area contributed by atoms with Gasteiger partial charge in [0.05, 0.1) is 30.3 Å². The van der Waals surface area contributed by atoms with Crippen molar-refractivity contribution in [1.29, 1.82) is 0 Å². The first-order chi connectivity index (χ1) is 13.7. The van der Waals surface area contributed by atoms with E-state index in [-0.39, 0.29) is 11.8 Å². The van der Waals surface area contributed by atoms with Crippen LogP contribution in [-0.2, 0) is 0 Å². The Bertz CT molecular complexity index is 927. The average Bonchev–Trinajstić information content (AvgIpc) is 3.27. The lowest BCUT2D eigenvalue weighted by atomic mass is 9.97. The fourth-order valence-electron chi connectivity index (χ4n) is 3.53. The Morgan fingerprint density at radius 2 is 2.04 bits per heavy atom. The number of aromatic nitrogens is 4. The van der Waals surface area contributed by atoms with Crippen LogP contribution in [0, 0.1) is 12.8 Å². The molecule has 1 amide bonds. The summed E-state index contributed by atoms with van der Waals surface area (Å²) in [6, 6.07) is 11.4. The van der Waals surface area contributed by atoms with Crippen LogP contribution < -0.4 is 4.74 Å². The summed E-state index contributed by atoms with van der Waals surface area (Å²) in [5, 5.41) is 8.38. The maximum Gasteiger partial charge on any atom is 0.256 e. The summed E-state index contributed by atoms with van der Waals surface area (Å²) in [7, 11) is 0. The van der Waals surface area contributed by atoms with Crippen LogP contribution in [0.4, 0.5) is 0 Å². The third-order valence-corrected chi connectivity index (χ3v) is 4.93. The molecule has 4 rings (SSSR count). The second-order valence-corrected chi connectivity index (χ2v) is 7.08. The highest BCUT2D eigenvalue weighted by atomic mass is 16.5. The molecule has 7 nitrogen and oxygen atoms in total. The van der Waals surface area contributed by atoms with Gasteiger partial charge in [-0.25, -0.2) is 4.98 Å². The Hall–Kier alpha value is -3.22. The Morgan fingerprint density at radius 3 is 2.82 bits per heavy atom. The predicted octanol–water partition coefficient (Wildman–Crippen LogP) is 2.90. The summed E-state index contributed by atoms with van der Waals surface area (Å²) >= 11 is 0. The summed E-state index contributed by atoms with van der Waals surface area (Å²) in [6.45, 7) is 3.96. The first kappa shape index (κ1) is 18.2. The van der Waals surface area contributed by atoms with E-state index in [1.54, 1.807) is 18.6 Å². The van der Waals surface area contributed by atoms with Gasteiger partial charge in [0.2, 0.25) is 5.88 Å². The van der Waals surface area contributed by atoms with Gasteiger partial charge in [-0.1, -0.05) is 17.7 Å². The highest BCUT2D eigenvalue weighted by Gasteiger charge is 2.27. The van der Waals surface area contributed by atoms with Gasteiger partial charge < -0.3 is 9.64 Å². The Balaban J connectivity index is 1.48. The number of pyridine rings is 1. The third kappa shape index (κ3) is 4.03. The molecule has 3 aromatic rings. The lowest BCUT2D eigenvalue weighted by Gasteiger charge is -2.33. The van der Waals surface area contributed by atoms with E-state index in [1.807, 2.05) is 48.2 Å². The van der Waals surface area contributed by atoms with Gasteiger partial charge in [0.1, 0.15) is 0 Å². The lowest BCUT2D eigenvalue weighted by Crippen LogP contribution is -2.42. The smallest absolute Gasteiger partial charge is 0.256 e. The summed E-state index contributed by atoms with van der Waals surface area (Å²) in [5.74, 6) is 0.922. The number of carbonyl (C=O) groups is 1. The first-order valence-electron chi connectivity index (χ1n) is 9.51. The van der Waals surface area contributed by atoms with Crippen LogP contribution in [0.3, 0.4) is 0 Å². The van der Waals surface area contributed by atoms with Crippen molar-refractivity contribution >= 4 is 5.91 Å². The molecule has 0 spiro atoms. The molecule has 1 fully saturated rings. The van der Waals surface area contributed by atoms with Crippen molar-refractivity contribution < 1.29 is 9.53 Å². The molecule has 1 atom stereocenters. The second-order valence-electron chi connectivity index (χ2n) is 7.08. The molecule has 1 unspecified atom stereocenters. The van der Waals surface area contributed by atoms with E-state index in [0.717, 1.165) is 24.9 Å². The zero-order valence-corrected chi connectivity index (χ0v) is 15.9. The van der Waals surface area contributed by atoms with Crippen molar-refractivity contribution in [2.45, 2.75) is 19.8 Å². The summed E-state index contributed by atoms with van der Waals surface area (Å²) < 4.78 is 5.81. The SMILES string of the molecule is Cc1ccc(-n2nccn2)c(C(=O)N2CCCC(COc3ccccn3)C2)c1. The normalized spacial score (nSPS) is 16.8. The van der Waals surface area contributed by atoms with E-state index in [4.69, 9.17) is 4.74 Å². The van der Waals surface area contributed by atoms with Gasteiger partial charge in [0.25, 0.3) is 5.91 Å². The topological polar surface area (TPSA) is 73.1 Å². The van der Waals surface area contributed by atoms with Gasteiger partial charge in [-0.3, -0.25) is 4.79 Å². The fourth-order valence-corrected chi connectivity index (χ4v) is 3.53. The number of hydrogen-bond donors (Lipinski definition) is 0. The number of nitrogens with zero attached hydrogens (tertiary/aromatic N) is 5. The number of rotatable bonds is 5. The molecule has 1 saturated heterocycles. The number of carbonyl (C=O) groups excluding carboxylic acids is 1. The molecule has 0 radical (unpaired) electrons. The van der Waals surface area contributed by atoms with Crippen molar-refractivity contribution in [1.82, 2.24) is 24.9 Å². The van der Waals surface area contributed by atoms with Crippen LogP contribution in [0.15, 0.2) is 55.0 Å². The molecule has 0 N–H and O–H groups in total. The molecule has 2 aromatic heterocycles. The van der Waals surface area contributed by atoms with Gasteiger partial charge in [-0.05, 0) is 38.0 Å². The van der Waals surface area contributed by atoms with E-state index in [1.165, 1.54) is 4.80 Å². The largest absolute Gasteiger partial charge is 0.477 e. The maximum absolute atomic E-state index is 13.3. The molecule has 0 saturated carbocycles. The molecular weight excluding hydrogens is 354 g/mol. The van der Waals surface area contributed by atoms with Gasteiger partial charge >= 0.3 is 0 Å². The Labute approximate surface area is 164 Å². The van der Waals surface area contributed by atoms with Gasteiger partial charge in [-0.15, -0.1) is 0 Å². The summed E-state index contributed by atoms with van der Waals surface area (Å²) in [6.07, 6.45) is 6.94. The Morgan fingerprint density at radius 1 is 1.18 bits per heavy atom. The van der Waals surface area contributed by atoms with Crippen molar-refractivity contribution in [2.75, 3.05) is 19.7 Å². The summed E-state index contributed by atoms with van der Waals surface area (Å²) in [4.78, 5) is 20.9. The first-order valence-corrected chi connectivity index (χ1v) is 9.51. The summed E-state index contributed by atoms with van der Waals surface area (Å²) in [5.41, 5.74) is 2.36. The minimum Gasteiger partial charge on any atom is -0.477 e. The van der Waals surface area contributed by atoms with Crippen LogP contribution in [0.25, 0.3) is 5.69 Å². The van der Waals surface area contributed by atoms with Gasteiger partial charge in [0.15, 0.2) is 0 Å². The second kappa shape index (κ2) is 8.21. The Kier molecular flexibility index (Phi) is 5.32.